The molecule has 0 radical (unpaired) electrons. The van der Waals surface area contributed by atoms with Crippen LogP contribution in [0.3, 0.4) is 0 Å². The molecule has 0 aliphatic carbocycles. The van der Waals surface area contributed by atoms with Crippen molar-refractivity contribution in [2.24, 2.45) is 0 Å². The molecule has 0 amide bonds. The average molecular weight is 1740 g/mol. The fourth-order valence-electron chi connectivity index (χ4n) is 16.9. The summed E-state index contributed by atoms with van der Waals surface area (Å²) >= 11 is 6.52. The van der Waals surface area contributed by atoms with Crippen LogP contribution in [0.5, 0.6) is 0 Å². The van der Waals surface area contributed by atoms with E-state index in [4.69, 9.17) is 36.7 Å². The first-order valence-electron chi connectivity index (χ1n) is 42.6. The molecule has 0 atom stereocenters. The Bertz CT molecular complexity index is 7430. The molecular formula is C115H85N5O3P4S. The van der Waals surface area contributed by atoms with Crippen molar-refractivity contribution in [3.05, 3.63) is 490 Å². The molecule has 0 aliphatic rings. The van der Waals surface area contributed by atoms with Crippen LogP contribution in [-0.2, 0) is 25.5 Å². The molecule has 5 aromatic heterocycles. The lowest BCUT2D eigenvalue weighted by molar-refractivity contribution is 0.591. The van der Waals surface area contributed by atoms with Crippen molar-refractivity contribution in [3.63, 3.8) is 0 Å². The lowest BCUT2D eigenvalue weighted by Crippen LogP contribution is -2.24. The van der Waals surface area contributed by atoms with Gasteiger partial charge in [0.2, 0.25) is 0 Å². The summed E-state index contributed by atoms with van der Waals surface area (Å²) in [6.45, 7) is 4.31. The zero-order valence-electron chi connectivity index (χ0n) is 70.3. The van der Waals surface area contributed by atoms with E-state index in [1.807, 2.05) is 328 Å². The number of fused-ring (bicyclic) bond motifs is 6. The molecule has 0 fully saturated rings. The van der Waals surface area contributed by atoms with Gasteiger partial charge in [-0.1, -0.05) is 455 Å². The minimum absolute atomic E-state index is 0.799. The van der Waals surface area contributed by atoms with Gasteiger partial charge in [0.15, 0.2) is 21.4 Å². The number of nitrogens with zero attached hydrogens (tertiary/aromatic N) is 5. The molecule has 5 heterocycles. The highest BCUT2D eigenvalue weighted by atomic mass is 32.4. The Kier molecular flexibility index (Phi) is 23.8. The van der Waals surface area contributed by atoms with Crippen LogP contribution in [0, 0.1) is 13.8 Å². The van der Waals surface area contributed by atoms with Gasteiger partial charge < -0.3 is 13.7 Å². The van der Waals surface area contributed by atoms with Gasteiger partial charge in [-0.05, 0) is 77.3 Å². The summed E-state index contributed by atoms with van der Waals surface area (Å²) in [5, 5.41) is 15.2. The Morgan fingerprint density at radius 2 is 0.359 bits per heavy atom. The molecule has 13 heteroatoms. The number of aryl methyl sites for hydroxylation is 2. The second kappa shape index (κ2) is 36.7. The zero-order chi connectivity index (χ0) is 87.0. The first-order chi connectivity index (χ1) is 62.8. The van der Waals surface area contributed by atoms with E-state index in [1.165, 1.54) is 21.7 Å². The maximum Gasteiger partial charge on any atom is 0.171 e. The third-order valence-electron chi connectivity index (χ3n) is 23.9. The zero-order valence-corrected chi connectivity index (χ0v) is 74.7. The minimum atomic E-state index is -3.04. The van der Waals surface area contributed by atoms with Crippen LogP contribution in [0.1, 0.15) is 11.1 Å². The third kappa shape index (κ3) is 16.4. The summed E-state index contributed by atoms with van der Waals surface area (Å²) in [7, 11) is -9.10. The van der Waals surface area contributed by atoms with Gasteiger partial charge in [0.1, 0.15) is 0 Å². The van der Waals surface area contributed by atoms with E-state index in [-0.39, 0.29) is 0 Å². The van der Waals surface area contributed by atoms with Gasteiger partial charge in [-0.3, -0.25) is 0 Å². The van der Waals surface area contributed by atoms with Gasteiger partial charge in [-0.25, -0.2) is 24.9 Å². The number of rotatable bonds is 18. The highest BCUT2D eigenvalue weighted by Crippen LogP contribution is 2.48. The van der Waals surface area contributed by atoms with Crippen molar-refractivity contribution < 1.29 is 13.7 Å². The van der Waals surface area contributed by atoms with Crippen LogP contribution in [0.15, 0.2) is 479 Å². The number of aromatic nitrogens is 5. The van der Waals surface area contributed by atoms with Crippen molar-refractivity contribution in [2.45, 2.75) is 13.8 Å². The van der Waals surface area contributed by atoms with Crippen molar-refractivity contribution in [3.8, 4) is 67.5 Å². The Hall–Kier alpha value is -14.4. The van der Waals surface area contributed by atoms with Gasteiger partial charge in [0, 0.05) is 109 Å². The van der Waals surface area contributed by atoms with Gasteiger partial charge in [0.25, 0.3) is 0 Å². The van der Waals surface area contributed by atoms with E-state index in [2.05, 4.69) is 166 Å². The predicted octanol–water partition coefficient (Wildman–Crippen LogP) is 23.9. The minimum Gasteiger partial charge on any atom is -0.309 e. The van der Waals surface area contributed by atoms with Gasteiger partial charge in [-0.15, -0.1) is 0 Å². The molecule has 0 saturated heterocycles. The van der Waals surface area contributed by atoms with Crippen LogP contribution in [0.4, 0.5) is 0 Å². The van der Waals surface area contributed by atoms with E-state index in [0.717, 1.165) is 164 Å². The summed E-state index contributed by atoms with van der Waals surface area (Å²) in [5.41, 5.74) is 17.4. The average Bonchev–Trinajstić information content (AvgIpc) is 0.740. The maximum atomic E-state index is 14.8. The summed E-state index contributed by atoms with van der Waals surface area (Å²) < 4.78 is 44.3. The molecule has 614 valence electrons. The van der Waals surface area contributed by atoms with Crippen LogP contribution in [0.2, 0.25) is 0 Å². The summed E-state index contributed by atoms with van der Waals surface area (Å²) in [5.74, 6) is 0. The number of hydrogen-bond acceptors (Lipinski definition) is 9. The van der Waals surface area contributed by atoms with Crippen molar-refractivity contribution in [2.75, 3.05) is 0 Å². The summed E-state index contributed by atoms with van der Waals surface area (Å²) in [6.07, 6.45) is 0. The Balaban J connectivity index is 0.000000125. The number of benzene rings is 16. The molecule has 0 saturated carbocycles. The molecule has 16 aromatic carbocycles. The predicted molar refractivity (Wildman–Crippen MR) is 545 cm³/mol. The van der Waals surface area contributed by atoms with Gasteiger partial charge >= 0.3 is 0 Å². The van der Waals surface area contributed by atoms with Crippen molar-refractivity contribution >= 4 is 147 Å². The summed E-state index contributed by atoms with van der Waals surface area (Å²) in [4.78, 5) is 25.5. The van der Waals surface area contributed by atoms with E-state index < -0.39 is 27.5 Å². The topological polar surface area (TPSA) is 116 Å². The smallest absolute Gasteiger partial charge is 0.171 e. The van der Waals surface area contributed by atoms with E-state index >= 15 is 0 Å². The second-order valence-corrected chi connectivity index (χ2v) is 44.2. The molecule has 0 unspecified atom stereocenters. The Labute approximate surface area is 751 Å². The molecule has 0 aliphatic heterocycles. The third-order valence-corrected chi connectivity index (χ3v) is 38.1. The van der Waals surface area contributed by atoms with Crippen molar-refractivity contribution in [1.82, 2.24) is 24.9 Å². The molecule has 0 bridgehead atoms. The fraction of sp³-hybridized carbons (Fsp3) is 0.0174. The standard InChI is InChI=1S/C41H31NOP2S.C38H29N2OP.C36H25N2OP/c43-44(34-14-5-1-6-15-34,35-16-7-2-8-17-35)36-28-24-32(25-29-36)40-22-13-23-41(42-40)33-26-30-39(31-27-33)45(46,37-18-9-3-10-19-37)38-20-11-4-12-21-38;1-26-27(2)34-23-25-36(40-38(34)37-33(26)22-24-35(39-37)28-12-6-3-7-13-28)29-18-20-32(21-19-29)42(41,30-14-8-4-9-15-30)31-16-10-5-11-17-31;39-40(30-12-6-2-7-13-30,31-14-8-3-9-15-31)32-22-18-27(19-23-32)34-25-21-29-17-16-28-20-24-33(26-10-4-1-5-11-26)37-35(28)36(29)38-34/h1-31H;3-25H,1-2H3;1-25H. The molecule has 128 heavy (non-hydrogen) atoms. The first kappa shape index (κ1) is 83.2. The first-order valence-corrected chi connectivity index (χ1v) is 50.5. The second-order valence-electron chi connectivity index (χ2n) is 31.5. The fourth-order valence-corrected chi connectivity index (χ4v) is 28.6. The number of pyridine rings is 5. The van der Waals surface area contributed by atoms with Crippen LogP contribution < -0.4 is 63.7 Å². The molecule has 8 nitrogen and oxygen atoms in total. The van der Waals surface area contributed by atoms with E-state index in [9.17, 15) is 13.7 Å². The van der Waals surface area contributed by atoms with Crippen molar-refractivity contribution in [1.29, 1.82) is 0 Å². The molecule has 21 rings (SSSR count). The van der Waals surface area contributed by atoms with Crippen LogP contribution in [-0.4, -0.2) is 24.9 Å². The van der Waals surface area contributed by atoms with Crippen LogP contribution in [0.25, 0.3) is 111 Å². The van der Waals surface area contributed by atoms with Gasteiger partial charge in [0.05, 0.1) is 56.2 Å². The molecule has 0 spiro atoms. The largest absolute Gasteiger partial charge is 0.309 e. The monoisotopic (exact) mass is 1740 g/mol. The molecule has 0 N–H and O–H groups in total. The normalized spacial score (nSPS) is 11.6. The summed E-state index contributed by atoms with van der Waals surface area (Å²) in [6, 6.07) is 158. The lowest BCUT2D eigenvalue weighted by atomic mass is 9.97. The Morgan fingerprint density at radius 3 is 0.625 bits per heavy atom. The SMILES string of the molecule is Cc1c(C)c2ccc(-c3ccc(P(=O)(c4ccccc4)c4ccccc4)cc3)nc2c2nc(-c3ccccc3)ccc12.O=P(c1ccccc1)(c1ccccc1)c1ccc(-c2ccc3ccc4ccc(-c5ccccc5)nc4c3n2)cc1.O=P(c1ccccc1)(c1ccccc1)c1ccc(-c2cccc(-c3ccc(P(=S)(c4ccccc4)c4ccccc4)cc3)n2)cc1. The van der Waals surface area contributed by atoms with E-state index in [0.29, 0.717) is 0 Å². The molecule has 21 aromatic rings. The van der Waals surface area contributed by atoms with Crippen LogP contribution >= 0.6 is 27.5 Å². The Morgan fingerprint density at radius 1 is 0.172 bits per heavy atom. The van der Waals surface area contributed by atoms with E-state index in [1.54, 1.807) is 0 Å². The number of hydrogen-bond donors (Lipinski definition) is 0. The quantitative estimate of drug-likeness (QED) is 0.0612. The van der Waals surface area contributed by atoms with Gasteiger partial charge in [-0.2, -0.15) is 0 Å². The maximum absolute atomic E-state index is 14.8. The highest BCUT2D eigenvalue weighted by molar-refractivity contribution is 8.25. The highest BCUT2D eigenvalue weighted by Gasteiger charge is 2.33. The lowest BCUT2D eigenvalue weighted by Gasteiger charge is -2.24. The molecular weight excluding hydrogens is 1660 g/mol.